The topological polar surface area (TPSA) is 187 Å². The van der Waals surface area contributed by atoms with Crippen molar-refractivity contribution in [2.45, 2.75) is 37.5 Å². The SMILES string of the molecule is C[C@H]1c2ccc(CN)c(O)c2C(=O)C2=C(O)[C@]3(O)C(=O)C(C(N)=O)=C(O)[C@@H](N(C)C)[C@@H]3CC21. The Morgan fingerprint density at radius 2 is 1.85 bits per heavy atom. The number of aliphatic hydroxyl groups is 3. The first-order valence-electron chi connectivity index (χ1n) is 10.6. The predicted octanol–water partition coefficient (Wildman–Crippen LogP) is 0.140. The Labute approximate surface area is 189 Å². The Kier molecular flexibility index (Phi) is 5.15. The van der Waals surface area contributed by atoms with E-state index in [-0.39, 0.29) is 35.8 Å². The molecular weight excluding hydrogens is 430 g/mol. The van der Waals surface area contributed by atoms with Gasteiger partial charge in [0.1, 0.15) is 22.8 Å². The summed E-state index contributed by atoms with van der Waals surface area (Å²) < 4.78 is 0. The molecule has 1 aromatic carbocycles. The number of hydrogen-bond acceptors (Lipinski definition) is 9. The molecule has 0 radical (unpaired) electrons. The average Bonchev–Trinajstić information content (AvgIpc) is 2.73. The summed E-state index contributed by atoms with van der Waals surface area (Å²) in [6.07, 6.45) is 0.0479. The van der Waals surface area contributed by atoms with Crippen molar-refractivity contribution < 1.29 is 34.8 Å². The highest BCUT2D eigenvalue weighted by atomic mass is 16.3. The Balaban J connectivity index is 2.00. The number of amides is 1. The van der Waals surface area contributed by atoms with Crippen molar-refractivity contribution in [3.8, 4) is 5.75 Å². The summed E-state index contributed by atoms with van der Waals surface area (Å²) >= 11 is 0. The fourth-order valence-corrected chi connectivity index (χ4v) is 5.75. The third-order valence-electron chi connectivity index (χ3n) is 7.40. The van der Waals surface area contributed by atoms with Gasteiger partial charge in [-0.2, -0.15) is 0 Å². The van der Waals surface area contributed by atoms with Gasteiger partial charge in [-0.15, -0.1) is 0 Å². The van der Waals surface area contributed by atoms with Gasteiger partial charge in [0, 0.05) is 23.6 Å². The minimum atomic E-state index is -2.65. The second-order valence-electron chi connectivity index (χ2n) is 9.20. The van der Waals surface area contributed by atoms with Crippen LogP contribution in [-0.2, 0) is 16.1 Å². The van der Waals surface area contributed by atoms with Crippen LogP contribution in [0, 0.1) is 11.8 Å². The van der Waals surface area contributed by atoms with Gasteiger partial charge in [0.2, 0.25) is 5.78 Å². The molecule has 0 aliphatic heterocycles. The first-order valence-corrected chi connectivity index (χ1v) is 10.6. The highest BCUT2D eigenvalue weighted by Crippen LogP contribution is 2.55. The lowest BCUT2D eigenvalue weighted by Gasteiger charge is -2.51. The molecule has 1 aromatic rings. The third kappa shape index (κ3) is 2.81. The van der Waals surface area contributed by atoms with E-state index in [0.29, 0.717) is 11.1 Å². The Hall–Kier alpha value is -3.21. The Morgan fingerprint density at radius 1 is 1.21 bits per heavy atom. The molecule has 10 heteroatoms. The number of hydrogen-bond donors (Lipinski definition) is 6. The van der Waals surface area contributed by atoms with E-state index in [1.807, 2.05) is 6.92 Å². The number of nitrogens with zero attached hydrogens (tertiary/aromatic N) is 1. The normalized spacial score (nSPS) is 31.5. The van der Waals surface area contributed by atoms with Crippen molar-refractivity contribution in [1.29, 1.82) is 0 Å². The van der Waals surface area contributed by atoms with Gasteiger partial charge in [-0.1, -0.05) is 19.1 Å². The van der Waals surface area contributed by atoms with Crippen LogP contribution in [0.4, 0.5) is 0 Å². The standard InChI is InChI=1S/C23H27N3O7/c1-8-10-5-4-9(7-24)17(27)13(10)18(28)14-11(8)6-12-16(26(2)3)19(29)15(22(25)32)21(31)23(12,33)20(14)30/h4-5,8,11-12,16,27,29-30,33H,6-7,24H2,1-3H3,(H2,25,32)/t8-,11?,12-,16-,23-/m0/s1. The maximum Gasteiger partial charge on any atom is 0.255 e. The van der Waals surface area contributed by atoms with Gasteiger partial charge < -0.3 is 31.9 Å². The number of carbonyl (C=O) groups excluding carboxylic acids is 3. The monoisotopic (exact) mass is 457 g/mol. The van der Waals surface area contributed by atoms with Gasteiger partial charge in [0.25, 0.3) is 5.91 Å². The lowest BCUT2D eigenvalue weighted by atomic mass is 9.56. The zero-order chi connectivity index (χ0) is 24.6. The van der Waals surface area contributed by atoms with E-state index in [2.05, 4.69) is 0 Å². The molecule has 0 saturated carbocycles. The van der Waals surface area contributed by atoms with E-state index in [0.717, 1.165) is 0 Å². The molecule has 1 unspecified atom stereocenters. The maximum absolute atomic E-state index is 13.5. The van der Waals surface area contributed by atoms with E-state index >= 15 is 0 Å². The first-order chi connectivity index (χ1) is 15.4. The van der Waals surface area contributed by atoms with Crippen LogP contribution in [0.1, 0.15) is 40.7 Å². The number of benzene rings is 1. The molecule has 0 spiro atoms. The molecule has 1 amide bonds. The highest BCUT2D eigenvalue weighted by molar-refractivity contribution is 6.24. The summed E-state index contributed by atoms with van der Waals surface area (Å²) in [6, 6.07) is 2.31. The number of carbonyl (C=O) groups is 3. The predicted molar refractivity (Wildman–Crippen MR) is 116 cm³/mol. The van der Waals surface area contributed by atoms with E-state index in [4.69, 9.17) is 11.5 Å². The van der Waals surface area contributed by atoms with Crippen LogP contribution in [0.15, 0.2) is 34.8 Å². The molecule has 4 rings (SSSR count). The number of phenols is 1. The first kappa shape index (κ1) is 23.0. The number of aliphatic hydroxyl groups excluding tert-OH is 2. The number of primary amides is 1. The molecule has 0 bridgehead atoms. The van der Waals surface area contributed by atoms with E-state index < -0.39 is 58.0 Å². The van der Waals surface area contributed by atoms with E-state index in [1.165, 1.54) is 4.90 Å². The molecule has 0 heterocycles. The Morgan fingerprint density at radius 3 is 2.39 bits per heavy atom. The summed E-state index contributed by atoms with van der Waals surface area (Å²) in [5, 5.41) is 44.2. The lowest BCUT2D eigenvalue weighted by molar-refractivity contribution is -0.148. The zero-order valence-electron chi connectivity index (χ0n) is 18.5. The summed E-state index contributed by atoms with van der Waals surface area (Å²) in [7, 11) is 3.17. The molecule has 0 fully saturated rings. The number of nitrogens with two attached hydrogens (primary N) is 2. The lowest BCUT2D eigenvalue weighted by Crippen LogP contribution is -2.64. The molecule has 33 heavy (non-hydrogen) atoms. The van der Waals surface area contributed by atoms with Gasteiger partial charge in [-0.3, -0.25) is 19.3 Å². The maximum atomic E-state index is 13.5. The summed E-state index contributed by atoms with van der Waals surface area (Å²) in [6.45, 7) is 1.80. The average molecular weight is 457 g/mol. The summed E-state index contributed by atoms with van der Waals surface area (Å²) in [5.41, 5.74) is 8.17. The fourth-order valence-electron chi connectivity index (χ4n) is 5.75. The number of ketones is 2. The van der Waals surface area contributed by atoms with Gasteiger partial charge in [-0.05, 0) is 37.9 Å². The molecule has 3 aliphatic rings. The Bertz CT molecular complexity index is 1170. The van der Waals surface area contributed by atoms with Crippen LogP contribution in [0.5, 0.6) is 5.75 Å². The van der Waals surface area contributed by atoms with Crippen LogP contribution in [0.3, 0.4) is 0 Å². The fraction of sp³-hybridized carbons (Fsp3) is 0.435. The van der Waals surface area contributed by atoms with Crippen LogP contribution < -0.4 is 11.5 Å². The molecule has 10 nitrogen and oxygen atoms in total. The minimum Gasteiger partial charge on any atom is -0.510 e. The van der Waals surface area contributed by atoms with Gasteiger partial charge in [0.15, 0.2) is 11.4 Å². The largest absolute Gasteiger partial charge is 0.510 e. The van der Waals surface area contributed by atoms with Crippen LogP contribution in [-0.4, -0.2) is 68.5 Å². The minimum absolute atomic E-state index is 0.0176. The third-order valence-corrected chi connectivity index (χ3v) is 7.40. The van der Waals surface area contributed by atoms with E-state index in [1.54, 1.807) is 26.2 Å². The molecule has 0 aromatic heterocycles. The quantitative estimate of drug-likeness (QED) is 0.343. The van der Waals surface area contributed by atoms with Crippen LogP contribution in [0.2, 0.25) is 0 Å². The van der Waals surface area contributed by atoms with E-state index in [9.17, 15) is 34.8 Å². The molecule has 8 N–H and O–H groups in total. The highest BCUT2D eigenvalue weighted by Gasteiger charge is 2.63. The zero-order valence-corrected chi connectivity index (χ0v) is 18.5. The number of fused-ring (bicyclic) bond motifs is 3. The summed E-state index contributed by atoms with van der Waals surface area (Å²) in [5.74, 6) is -7.06. The van der Waals surface area contributed by atoms with Crippen LogP contribution in [0.25, 0.3) is 0 Å². The second-order valence-corrected chi connectivity index (χ2v) is 9.20. The van der Waals surface area contributed by atoms with Gasteiger partial charge >= 0.3 is 0 Å². The second kappa shape index (κ2) is 7.41. The molecule has 3 aliphatic carbocycles. The summed E-state index contributed by atoms with van der Waals surface area (Å²) in [4.78, 5) is 40.2. The number of phenolic OH excluding ortho intramolecular Hbond substituents is 1. The van der Waals surface area contributed by atoms with Crippen molar-refractivity contribution in [2.75, 3.05) is 14.1 Å². The molecule has 176 valence electrons. The number of likely N-dealkylation sites (N-methyl/N-ethyl adjacent to an activating group) is 1. The van der Waals surface area contributed by atoms with Crippen molar-refractivity contribution >= 4 is 17.5 Å². The van der Waals surface area contributed by atoms with Gasteiger partial charge in [-0.25, -0.2) is 0 Å². The van der Waals surface area contributed by atoms with Crippen molar-refractivity contribution in [3.63, 3.8) is 0 Å². The van der Waals surface area contributed by atoms with Crippen molar-refractivity contribution in [1.82, 2.24) is 4.90 Å². The number of allylic oxidation sites excluding steroid dienone is 1. The smallest absolute Gasteiger partial charge is 0.255 e. The van der Waals surface area contributed by atoms with Crippen molar-refractivity contribution in [3.05, 3.63) is 51.5 Å². The number of rotatable bonds is 3. The number of aromatic hydroxyl groups is 1. The molecule has 0 saturated heterocycles. The molecular formula is C23H27N3O7. The number of Topliss-reactive ketones (excluding diaryl/α,β-unsaturated/α-hetero) is 2. The molecule has 5 atom stereocenters. The van der Waals surface area contributed by atoms with Gasteiger partial charge in [0.05, 0.1) is 11.6 Å². The van der Waals surface area contributed by atoms with Crippen LogP contribution >= 0.6 is 0 Å². The van der Waals surface area contributed by atoms with Crippen molar-refractivity contribution in [2.24, 2.45) is 23.3 Å².